The summed E-state index contributed by atoms with van der Waals surface area (Å²) in [6.45, 7) is 2.07. The van der Waals surface area contributed by atoms with Gasteiger partial charge in [-0.1, -0.05) is 0 Å². The van der Waals surface area contributed by atoms with E-state index >= 15 is 0 Å². The van der Waals surface area contributed by atoms with Gasteiger partial charge >= 0.3 is 12.0 Å². The second-order valence-corrected chi connectivity index (χ2v) is 4.18. The van der Waals surface area contributed by atoms with E-state index in [2.05, 4.69) is 5.32 Å². The van der Waals surface area contributed by atoms with E-state index in [-0.39, 0.29) is 25.4 Å². The quantitative estimate of drug-likeness (QED) is 0.548. The summed E-state index contributed by atoms with van der Waals surface area (Å²) >= 11 is 0. The van der Waals surface area contributed by atoms with Gasteiger partial charge in [0.05, 0.1) is 0 Å². The summed E-state index contributed by atoms with van der Waals surface area (Å²) < 4.78 is 0. The van der Waals surface area contributed by atoms with Crippen molar-refractivity contribution >= 4 is 17.9 Å². The molecule has 0 rings (SSSR count). The molecule has 1 atom stereocenters. The van der Waals surface area contributed by atoms with Gasteiger partial charge in [-0.15, -0.1) is 0 Å². The average Bonchev–Trinajstić information content (AvgIpc) is 2.34. The fourth-order valence-corrected chi connectivity index (χ4v) is 1.18. The third-order valence-electron chi connectivity index (χ3n) is 2.47. The minimum Gasteiger partial charge on any atom is -0.479 e. The molecule has 0 fully saturated rings. The van der Waals surface area contributed by atoms with E-state index in [1.54, 1.807) is 21.0 Å². The molecule has 8 nitrogen and oxygen atoms in total. The summed E-state index contributed by atoms with van der Waals surface area (Å²) in [7, 11) is 3.19. The Morgan fingerprint density at radius 3 is 2.26 bits per heavy atom. The Labute approximate surface area is 112 Å². The summed E-state index contributed by atoms with van der Waals surface area (Å²) in [4.78, 5) is 36.2. The fraction of sp³-hybridized carbons (Fsp3) is 0.727. The van der Waals surface area contributed by atoms with E-state index in [9.17, 15) is 14.4 Å². The van der Waals surface area contributed by atoms with Crippen molar-refractivity contribution in [1.82, 2.24) is 15.1 Å². The molecule has 110 valence electrons. The summed E-state index contributed by atoms with van der Waals surface area (Å²) in [6.07, 6.45) is -1.58. The predicted molar refractivity (Wildman–Crippen MR) is 67.6 cm³/mol. The molecule has 1 unspecified atom stereocenters. The Kier molecular flexibility index (Phi) is 7.50. The van der Waals surface area contributed by atoms with Gasteiger partial charge in [-0.05, 0) is 6.92 Å². The number of rotatable bonds is 7. The highest BCUT2D eigenvalue weighted by atomic mass is 16.4. The van der Waals surface area contributed by atoms with Crippen molar-refractivity contribution in [3.8, 4) is 0 Å². The Morgan fingerprint density at radius 1 is 1.26 bits per heavy atom. The van der Waals surface area contributed by atoms with Crippen molar-refractivity contribution in [3.05, 3.63) is 0 Å². The van der Waals surface area contributed by atoms with Crippen LogP contribution in [0.1, 0.15) is 13.3 Å². The number of aliphatic hydroxyl groups excluding tert-OH is 1. The number of amides is 3. The van der Waals surface area contributed by atoms with Gasteiger partial charge in [0.1, 0.15) is 6.54 Å². The van der Waals surface area contributed by atoms with Crippen LogP contribution in [0.3, 0.4) is 0 Å². The van der Waals surface area contributed by atoms with Crippen LogP contribution in [0.2, 0.25) is 0 Å². The zero-order valence-electron chi connectivity index (χ0n) is 11.4. The van der Waals surface area contributed by atoms with E-state index in [0.717, 1.165) is 0 Å². The van der Waals surface area contributed by atoms with Crippen LogP contribution in [0.25, 0.3) is 0 Å². The van der Waals surface area contributed by atoms with Crippen LogP contribution in [0.4, 0.5) is 4.79 Å². The molecule has 0 aromatic heterocycles. The lowest BCUT2D eigenvalue weighted by Gasteiger charge is -2.22. The highest BCUT2D eigenvalue weighted by Crippen LogP contribution is 1.94. The number of nitrogens with zero attached hydrogens (tertiary/aromatic N) is 2. The molecule has 0 bridgehead atoms. The minimum absolute atomic E-state index is 0.0267. The van der Waals surface area contributed by atoms with Crippen LogP contribution in [0.5, 0.6) is 0 Å². The normalized spacial score (nSPS) is 11.6. The number of urea groups is 1. The lowest BCUT2D eigenvalue weighted by Crippen LogP contribution is -2.45. The summed E-state index contributed by atoms with van der Waals surface area (Å²) in [5, 5.41) is 19.9. The molecular formula is C11H21N3O5. The van der Waals surface area contributed by atoms with Crippen LogP contribution in [-0.4, -0.2) is 77.8 Å². The maximum atomic E-state index is 11.7. The van der Waals surface area contributed by atoms with Gasteiger partial charge in [0, 0.05) is 33.6 Å². The van der Waals surface area contributed by atoms with E-state index in [4.69, 9.17) is 10.2 Å². The molecule has 19 heavy (non-hydrogen) atoms. The molecule has 0 aliphatic rings. The van der Waals surface area contributed by atoms with E-state index in [1.165, 1.54) is 9.80 Å². The van der Waals surface area contributed by atoms with Crippen molar-refractivity contribution in [2.24, 2.45) is 0 Å². The first-order valence-corrected chi connectivity index (χ1v) is 5.93. The Hall–Kier alpha value is -1.83. The topological polar surface area (TPSA) is 110 Å². The van der Waals surface area contributed by atoms with Crippen molar-refractivity contribution in [3.63, 3.8) is 0 Å². The van der Waals surface area contributed by atoms with Gasteiger partial charge < -0.3 is 25.3 Å². The van der Waals surface area contributed by atoms with Crippen LogP contribution >= 0.6 is 0 Å². The van der Waals surface area contributed by atoms with Gasteiger partial charge in [0.2, 0.25) is 5.91 Å². The maximum Gasteiger partial charge on any atom is 0.332 e. The van der Waals surface area contributed by atoms with Gasteiger partial charge in [-0.2, -0.15) is 0 Å². The van der Waals surface area contributed by atoms with Crippen LogP contribution < -0.4 is 5.32 Å². The highest BCUT2D eigenvalue weighted by Gasteiger charge is 2.17. The third-order valence-corrected chi connectivity index (χ3v) is 2.47. The largest absolute Gasteiger partial charge is 0.479 e. The second-order valence-electron chi connectivity index (χ2n) is 4.18. The first-order chi connectivity index (χ1) is 8.79. The lowest BCUT2D eigenvalue weighted by molar-refractivity contribution is -0.146. The summed E-state index contributed by atoms with van der Waals surface area (Å²) in [6, 6.07) is -0.463. The molecule has 8 heteroatoms. The molecule has 0 aliphatic heterocycles. The van der Waals surface area contributed by atoms with E-state index < -0.39 is 18.1 Å². The van der Waals surface area contributed by atoms with Crippen LogP contribution in [0.15, 0.2) is 0 Å². The number of carboxylic acids is 1. The van der Waals surface area contributed by atoms with E-state index in [0.29, 0.717) is 6.54 Å². The number of nitrogens with one attached hydrogen (secondary N) is 1. The standard InChI is InChI=1S/C11H21N3O5/c1-4-14(7-9(16)13(2)3)11(19)12-6-5-8(15)10(17)18/h8,15H,4-7H2,1-3H3,(H,12,19)(H,17,18). The molecule has 0 saturated heterocycles. The van der Waals surface area contributed by atoms with Gasteiger partial charge in [-0.25, -0.2) is 9.59 Å². The number of aliphatic hydroxyl groups is 1. The van der Waals surface area contributed by atoms with Crippen molar-refractivity contribution < 1.29 is 24.6 Å². The molecule has 0 aromatic carbocycles. The average molecular weight is 275 g/mol. The number of hydrogen-bond acceptors (Lipinski definition) is 4. The van der Waals surface area contributed by atoms with Crippen LogP contribution in [-0.2, 0) is 9.59 Å². The van der Waals surface area contributed by atoms with Gasteiger partial charge in [-0.3, -0.25) is 4.79 Å². The Bertz CT molecular complexity index is 332. The van der Waals surface area contributed by atoms with Crippen molar-refractivity contribution in [2.45, 2.75) is 19.4 Å². The minimum atomic E-state index is -1.50. The summed E-state index contributed by atoms with van der Waals surface area (Å²) in [5.74, 6) is -1.54. The number of likely N-dealkylation sites (N-methyl/N-ethyl adjacent to an activating group) is 2. The van der Waals surface area contributed by atoms with Crippen molar-refractivity contribution in [1.29, 1.82) is 0 Å². The monoisotopic (exact) mass is 275 g/mol. The van der Waals surface area contributed by atoms with Gasteiger partial charge in [0.15, 0.2) is 6.10 Å². The zero-order chi connectivity index (χ0) is 15.0. The smallest absolute Gasteiger partial charge is 0.332 e. The highest BCUT2D eigenvalue weighted by molar-refractivity contribution is 5.83. The third kappa shape index (κ3) is 6.61. The molecule has 3 amide bonds. The zero-order valence-corrected chi connectivity index (χ0v) is 11.4. The maximum absolute atomic E-state index is 11.7. The fourth-order valence-electron chi connectivity index (χ4n) is 1.18. The molecule has 0 aromatic rings. The first kappa shape index (κ1) is 17.2. The molecular weight excluding hydrogens is 254 g/mol. The second kappa shape index (κ2) is 8.30. The molecule has 3 N–H and O–H groups in total. The van der Waals surface area contributed by atoms with Gasteiger partial charge in [0.25, 0.3) is 0 Å². The molecule has 0 radical (unpaired) electrons. The molecule has 0 saturated carbocycles. The summed E-state index contributed by atoms with van der Waals surface area (Å²) in [5.41, 5.74) is 0. The number of carboxylic acid groups (broad SMARTS) is 1. The van der Waals surface area contributed by atoms with Crippen LogP contribution in [0, 0.1) is 0 Å². The SMILES string of the molecule is CCN(CC(=O)N(C)C)C(=O)NCCC(O)C(=O)O. The predicted octanol–water partition coefficient (Wildman–Crippen LogP) is -1.06. The molecule has 0 spiro atoms. The Morgan fingerprint density at radius 2 is 1.84 bits per heavy atom. The number of carbonyl (C=O) groups excluding carboxylic acids is 2. The van der Waals surface area contributed by atoms with E-state index in [1.807, 2.05) is 0 Å². The first-order valence-electron chi connectivity index (χ1n) is 5.93. The number of aliphatic carboxylic acids is 1. The number of hydrogen-bond donors (Lipinski definition) is 3. The molecule has 0 aliphatic carbocycles. The lowest BCUT2D eigenvalue weighted by atomic mass is 10.2. The number of carbonyl (C=O) groups is 3. The molecule has 0 heterocycles. The van der Waals surface area contributed by atoms with Crippen molar-refractivity contribution in [2.75, 3.05) is 33.7 Å². The Balaban J connectivity index is 4.15.